The van der Waals surface area contributed by atoms with E-state index in [9.17, 15) is 4.79 Å². The van der Waals surface area contributed by atoms with Crippen LogP contribution in [0.5, 0.6) is 5.75 Å². The number of thioether (sulfide) groups is 1. The number of allylic oxidation sites excluding steroid dienone is 2. The van der Waals surface area contributed by atoms with E-state index in [2.05, 4.69) is 28.2 Å². The van der Waals surface area contributed by atoms with Crippen molar-refractivity contribution in [2.24, 2.45) is 0 Å². The third kappa shape index (κ3) is 5.75. The third-order valence-corrected chi connectivity index (χ3v) is 6.24. The van der Waals surface area contributed by atoms with Gasteiger partial charge in [0.2, 0.25) is 5.91 Å². The second-order valence-corrected chi connectivity index (χ2v) is 8.65. The molecule has 6 nitrogen and oxygen atoms in total. The van der Waals surface area contributed by atoms with Crippen molar-refractivity contribution in [1.82, 2.24) is 20.1 Å². The largest absolute Gasteiger partial charge is 0.497 e. The monoisotopic (exact) mass is 426 g/mol. The number of nitrogens with zero attached hydrogens (tertiary/aromatic N) is 3. The Labute approximate surface area is 182 Å². The van der Waals surface area contributed by atoms with Crippen molar-refractivity contribution in [3.8, 4) is 17.1 Å². The molecule has 1 aliphatic carbocycles. The Kier molecular flexibility index (Phi) is 8.13. The van der Waals surface area contributed by atoms with Gasteiger partial charge in [-0.25, -0.2) is 0 Å². The van der Waals surface area contributed by atoms with Crippen molar-refractivity contribution in [3.63, 3.8) is 0 Å². The highest BCUT2D eigenvalue weighted by molar-refractivity contribution is 8.00. The maximum absolute atomic E-state index is 12.6. The van der Waals surface area contributed by atoms with Crippen LogP contribution < -0.4 is 10.1 Å². The van der Waals surface area contributed by atoms with Crippen LogP contribution in [-0.4, -0.2) is 39.6 Å². The lowest BCUT2D eigenvalue weighted by Gasteiger charge is -2.15. The number of rotatable bonds is 10. The predicted octanol–water partition coefficient (Wildman–Crippen LogP) is 4.63. The van der Waals surface area contributed by atoms with E-state index in [0.29, 0.717) is 18.2 Å². The Morgan fingerprint density at radius 3 is 2.80 bits per heavy atom. The van der Waals surface area contributed by atoms with E-state index in [1.807, 2.05) is 41.8 Å². The highest BCUT2D eigenvalue weighted by Gasteiger charge is 2.20. The molecule has 1 amide bonds. The fourth-order valence-electron chi connectivity index (χ4n) is 3.46. The molecule has 0 aliphatic heterocycles. The Morgan fingerprint density at radius 1 is 1.33 bits per heavy atom. The highest BCUT2D eigenvalue weighted by Crippen LogP contribution is 2.28. The maximum Gasteiger partial charge on any atom is 0.233 e. The standard InChI is InChI=1S/C23H30N4O2S/c1-4-16-27-21(19-10-12-20(29-3)13-11-19)25-26-23(27)30-17(2)22(28)24-15-14-18-8-6-5-7-9-18/h4,8,10-13,17H,1,5-7,9,14-16H2,2-3H3,(H,24,28)/t17-/m0/s1. The summed E-state index contributed by atoms with van der Waals surface area (Å²) in [4.78, 5) is 12.6. The molecule has 160 valence electrons. The molecule has 30 heavy (non-hydrogen) atoms. The van der Waals surface area contributed by atoms with Crippen molar-refractivity contribution in [1.29, 1.82) is 0 Å². The SMILES string of the molecule is C=CCn1c(S[C@@H](C)C(=O)NCCC2=CCCCC2)nnc1-c1ccc(OC)cc1. The molecule has 0 fully saturated rings. The molecule has 0 saturated heterocycles. The second-order valence-electron chi connectivity index (χ2n) is 7.34. The molecule has 0 radical (unpaired) electrons. The quantitative estimate of drug-likeness (QED) is 0.443. The first-order valence-electron chi connectivity index (χ1n) is 10.4. The summed E-state index contributed by atoms with van der Waals surface area (Å²) >= 11 is 1.42. The molecular formula is C23H30N4O2S. The number of carbonyl (C=O) groups is 1. The zero-order valence-electron chi connectivity index (χ0n) is 17.8. The van der Waals surface area contributed by atoms with Crippen LogP contribution >= 0.6 is 11.8 Å². The van der Waals surface area contributed by atoms with Gasteiger partial charge in [-0.2, -0.15) is 0 Å². The third-order valence-electron chi connectivity index (χ3n) is 5.16. The van der Waals surface area contributed by atoms with Crippen LogP contribution in [0.1, 0.15) is 39.0 Å². The Morgan fingerprint density at radius 2 is 2.13 bits per heavy atom. The summed E-state index contributed by atoms with van der Waals surface area (Å²) in [6, 6.07) is 7.69. The molecule has 1 atom stereocenters. The first-order chi connectivity index (χ1) is 14.6. The summed E-state index contributed by atoms with van der Waals surface area (Å²) in [7, 11) is 1.64. The van der Waals surface area contributed by atoms with Gasteiger partial charge in [-0.1, -0.05) is 29.5 Å². The van der Waals surface area contributed by atoms with Crippen LogP contribution in [0.4, 0.5) is 0 Å². The van der Waals surface area contributed by atoms with Gasteiger partial charge in [0.15, 0.2) is 11.0 Å². The zero-order chi connectivity index (χ0) is 21.3. The van der Waals surface area contributed by atoms with E-state index >= 15 is 0 Å². The fraction of sp³-hybridized carbons (Fsp3) is 0.435. The number of nitrogens with one attached hydrogen (secondary N) is 1. The molecular weight excluding hydrogens is 396 g/mol. The Bertz CT molecular complexity index is 889. The van der Waals surface area contributed by atoms with Crippen LogP contribution in [0.2, 0.25) is 0 Å². The fourth-order valence-corrected chi connectivity index (χ4v) is 4.34. The zero-order valence-corrected chi connectivity index (χ0v) is 18.6. The predicted molar refractivity (Wildman–Crippen MR) is 122 cm³/mol. The van der Waals surface area contributed by atoms with Crippen LogP contribution in [0.3, 0.4) is 0 Å². The van der Waals surface area contributed by atoms with Gasteiger partial charge in [0.1, 0.15) is 5.75 Å². The summed E-state index contributed by atoms with van der Waals surface area (Å²) in [6.45, 7) is 7.01. The first-order valence-corrected chi connectivity index (χ1v) is 11.3. The van der Waals surface area contributed by atoms with E-state index in [4.69, 9.17) is 4.74 Å². The number of benzene rings is 1. The van der Waals surface area contributed by atoms with Gasteiger partial charge < -0.3 is 10.1 Å². The van der Waals surface area contributed by atoms with Crippen LogP contribution in [0.15, 0.2) is 53.7 Å². The van der Waals surface area contributed by atoms with Crippen molar-refractivity contribution in [3.05, 3.63) is 48.6 Å². The van der Waals surface area contributed by atoms with Crippen LogP contribution in [0.25, 0.3) is 11.4 Å². The molecule has 1 N–H and O–H groups in total. The Balaban J connectivity index is 1.62. The van der Waals surface area contributed by atoms with Gasteiger partial charge in [-0.05, 0) is 63.3 Å². The lowest BCUT2D eigenvalue weighted by Crippen LogP contribution is -2.32. The van der Waals surface area contributed by atoms with Gasteiger partial charge in [0.25, 0.3) is 0 Å². The minimum atomic E-state index is -0.262. The molecule has 0 saturated carbocycles. The normalized spacial score (nSPS) is 14.7. The minimum Gasteiger partial charge on any atom is -0.497 e. The lowest BCUT2D eigenvalue weighted by molar-refractivity contribution is -0.120. The number of amides is 1. The molecule has 0 unspecified atom stereocenters. The lowest BCUT2D eigenvalue weighted by atomic mass is 9.97. The first kappa shape index (κ1) is 22.2. The van der Waals surface area contributed by atoms with Gasteiger partial charge in [0.05, 0.1) is 12.4 Å². The molecule has 2 aromatic rings. The summed E-state index contributed by atoms with van der Waals surface area (Å²) in [5.74, 6) is 1.56. The van der Waals surface area contributed by atoms with E-state index in [0.717, 1.165) is 23.6 Å². The number of hydrogen-bond donors (Lipinski definition) is 1. The summed E-state index contributed by atoms with van der Waals surface area (Å²) < 4.78 is 7.21. The van der Waals surface area contributed by atoms with Crippen LogP contribution in [0, 0.1) is 0 Å². The molecule has 1 aromatic heterocycles. The molecule has 0 spiro atoms. The molecule has 0 bridgehead atoms. The number of carbonyl (C=O) groups excluding carboxylic acids is 1. The number of hydrogen-bond acceptors (Lipinski definition) is 5. The van der Waals surface area contributed by atoms with Gasteiger partial charge >= 0.3 is 0 Å². The molecule has 7 heteroatoms. The molecule has 3 rings (SSSR count). The van der Waals surface area contributed by atoms with E-state index in [1.54, 1.807) is 7.11 Å². The summed E-state index contributed by atoms with van der Waals surface area (Å²) in [5.41, 5.74) is 2.41. The number of aromatic nitrogens is 3. The van der Waals surface area contributed by atoms with Crippen molar-refractivity contribution in [2.45, 2.75) is 56.0 Å². The molecule has 1 aliphatic rings. The number of methoxy groups -OCH3 is 1. The Hall–Kier alpha value is -2.54. The number of ether oxygens (including phenoxy) is 1. The average molecular weight is 427 g/mol. The van der Waals surface area contributed by atoms with Crippen molar-refractivity contribution >= 4 is 17.7 Å². The molecule has 1 heterocycles. The minimum absolute atomic E-state index is 0.0237. The molecule has 1 aromatic carbocycles. The van der Waals surface area contributed by atoms with Crippen LogP contribution in [-0.2, 0) is 11.3 Å². The van der Waals surface area contributed by atoms with Gasteiger partial charge in [0, 0.05) is 18.7 Å². The van der Waals surface area contributed by atoms with Crippen molar-refractivity contribution in [2.75, 3.05) is 13.7 Å². The van der Waals surface area contributed by atoms with E-state index < -0.39 is 0 Å². The topological polar surface area (TPSA) is 69.0 Å². The van der Waals surface area contributed by atoms with Gasteiger partial charge in [-0.3, -0.25) is 9.36 Å². The maximum atomic E-state index is 12.6. The average Bonchev–Trinajstić information content (AvgIpc) is 3.17. The summed E-state index contributed by atoms with van der Waals surface area (Å²) in [5, 5.41) is 12.2. The van der Waals surface area contributed by atoms with E-state index in [1.165, 1.54) is 43.0 Å². The van der Waals surface area contributed by atoms with Crippen molar-refractivity contribution < 1.29 is 9.53 Å². The smallest absolute Gasteiger partial charge is 0.233 e. The van der Waals surface area contributed by atoms with E-state index in [-0.39, 0.29) is 11.2 Å². The highest BCUT2D eigenvalue weighted by atomic mass is 32.2. The second kappa shape index (κ2) is 11.0. The summed E-state index contributed by atoms with van der Waals surface area (Å²) in [6.07, 6.45) is 9.96. The van der Waals surface area contributed by atoms with Gasteiger partial charge in [-0.15, -0.1) is 16.8 Å².